The number of hydrogen-bond donors (Lipinski definition) is 1. The fraction of sp³-hybridized carbons (Fsp3) is 0.529. The molecule has 6 nitrogen and oxygen atoms in total. The first-order valence-corrected chi connectivity index (χ1v) is 7.83. The van der Waals surface area contributed by atoms with E-state index in [1.807, 2.05) is 30.3 Å². The number of hydrogen-bond acceptors (Lipinski definition) is 5. The molecular weight excluding hydrogens is 296 g/mol. The molecule has 1 aromatic carbocycles. The first-order valence-electron chi connectivity index (χ1n) is 7.83. The van der Waals surface area contributed by atoms with Crippen molar-refractivity contribution in [3.8, 4) is 6.07 Å². The zero-order valence-electron chi connectivity index (χ0n) is 12.9. The molecule has 2 fully saturated rings. The Bertz CT molecular complexity index is 580. The minimum absolute atomic E-state index is 0.185. The van der Waals surface area contributed by atoms with Crippen molar-refractivity contribution >= 4 is 6.09 Å². The standard InChI is InChI=1S/C17H20N2O4/c18-13-16(6-8-17(9-7-16)22-10-11-23-17)19-15(20)21-12-14-4-2-1-3-5-14/h1-5H,6-12H2,(H,19,20). The van der Waals surface area contributed by atoms with E-state index in [0.29, 0.717) is 38.9 Å². The van der Waals surface area contributed by atoms with E-state index < -0.39 is 17.4 Å². The van der Waals surface area contributed by atoms with Gasteiger partial charge in [-0.3, -0.25) is 0 Å². The maximum Gasteiger partial charge on any atom is 0.408 e. The van der Waals surface area contributed by atoms with Gasteiger partial charge in [-0.15, -0.1) is 0 Å². The summed E-state index contributed by atoms with van der Waals surface area (Å²) in [4.78, 5) is 12.0. The molecule has 1 aliphatic heterocycles. The maximum atomic E-state index is 12.0. The first-order chi connectivity index (χ1) is 11.2. The zero-order valence-corrected chi connectivity index (χ0v) is 12.9. The number of nitriles is 1. The fourth-order valence-corrected chi connectivity index (χ4v) is 3.06. The van der Waals surface area contributed by atoms with Crippen LogP contribution in [0.2, 0.25) is 0 Å². The second kappa shape index (κ2) is 6.57. The summed E-state index contributed by atoms with van der Waals surface area (Å²) in [6.45, 7) is 1.36. The molecule has 2 aliphatic rings. The van der Waals surface area contributed by atoms with E-state index in [0.717, 1.165) is 5.56 Å². The van der Waals surface area contributed by atoms with Gasteiger partial charge in [-0.05, 0) is 18.4 Å². The predicted octanol–water partition coefficient (Wildman–Crippen LogP) is 2.49. The van der Waals surface area contributed by atoms with Gasteiger partial charge in [0.05, 0.1) is 19.3 Å². The lowest BCUT2D eigenvalue weighted by Gasteiger charge is -2.39. The molecule has 0 aromatic heterocycles. The van der Waals surface area contributed by atoms with Crippen LogP contribution in [0.1, 0.15) is 31.2 Å². The smallest absolute Gasteiger partial charge is 0.408 e. The number of nitrogens with one attached hydrogen (secondary N) is 1. The van der Waals surface area contributed by atoms with E-state index in [4.69, 9.17) is 14.2 Å². The van der Waals surface area contributed by atoms with Gasteiger partial charge in [0, 0.05) is 12.8 Å². The number of ether oxygens (including phenoxy) is 3. The topological polar surface area (TPSA) is 80.6 Å². The second-order valence-electron chi connectivity index (χ2n) is 5.99. The fourth-order valence-electron chi connectivity index (χ4n) is 3.06. The average molecular weight is 316 g/mol. The molecule has 1 N–H and O–H groups in total. The van der Waals surface area contributed by atoms with Crippen molar-refractivity contribution in [2.45, 2.75) is 43.6 Å². The highest BCUT2D eigenvalue weighted by Crippen LogP contribution is 2.40. The van der Waals surface area contributed by atoms with Gasteiger partial charge < -0.3 is 19.5 Å². The molecule has 0 atom stereocenters. The Morgan fingerprint density at radius 2 is 1.83 bits per heavy atom. The molecule has 1 spiro atoms. The Morgan fingerprint density at radius 1 is 1.17 bits per heavy atom. The van der Waals surface area contributed by atoms with Crippen LogP contribution in [-0.4, -0.2) is 30.6 Å². The monoisotopic (exact) mass is 316 g/mol. The van der Waals surface area contributed by atoms with Crippen molar-refractivity contribution in [3.63, 3.8) is 0 Å². The molecule has 3 rings (SSSR count). The van der Waals surface area contributed by atoms with Crippen molar-refractivity contribution in [1.29, 1.82) is 5.26 Å². The Morgan fingerprint density at radius 3 is 2.43 bits per heavy atom. The van der Waals surface area contributed by atoms with E-state index in [2.05, 4.69) is 11.4 Å². The second-order valence-corrected chi connectivity index (χ2v) is 5.99. The summed E-state index contributed by atoms with van der Waals surface area (Å²) in [5.41, 5.74) is -0.00191. The van der Waals surface area contributed by atoms with E-state index in [1.54, 1.807) is 0 Å². The lowest BCUT2D eigenvalue weighted by Crippen LogP contribution is -2.53. The third kappa shape index (κ3) is 3.63. The molecule has 1 saturated carbocycles. The van der Waals surface area contributed by atoms with Gasteiger partial charge in [0.1, 0.15) is 12.1 Å². The van der Waals surface area contributed by atoms with Crippen LogP contribution < -0.4 is 5.32 Å². The highest BCUT2D eigenvalue weighted by atomic mass is 16.7. The number of benzene rings is 1. The van der Waals surface area contributed by atoms with Crippen LogP contribution in [0.4, 0.5) is 4.79 Å². The van der Waals surface area contributed by atoms with Gasteiger partial charge in [0.15, 0.2) is 5.79 Å². The molecule has 0 bridgehead atoms. The molecule has 1 aromatic rings. The van der Waals surface area contributed by atoms with Gasteiger partial charge in [-0.1, -0.05) is 30.3 Å². The largest absolute Gasteiger partial charge is 0.445 e. The third-order valence-corrected chi connectivity index (χ3v) is 4.45. The van der Waals surface area contributed by atoms with Gasteiger partial charge in [0.2, 0.25) is 0 Å². The van der Waals surface area contributed by atoms with E-state index in [1.165, 1.54) is 0 Å². The minimum Gasteiger partial charge on any atom is -0.445 e. The van der Waals surface area contributed by atoms with Crippen LogP contribution in [0.25, 0.3) is 0 Å². The van der Waals surface area contributed by atoms with Crippen LogP contribution in [0, 0.1) is 11.3 Å². The van der Waals surface area contributed by atoms with Crippen molar-refractivity contribution in [2.24, 2.45) is 0 Å². The molecule has 1 amide bonds. The molecule has 6 heteroatoms. The molecule has 0 radical (unpaired) electrons. The number of nitrogens with zero attached hydrogens (tertiary/aromatic N) is 1. The van der Waals surface area contributed by atoms with Gasteiger partial charge in [-0.2, -0.15) is 5.26 Å². The van der Waals surface area contributed by atoms with Crippen molar-refractivity contribution < 1.29 is 19.0 Å². The summed E-state index contributed by atoms with van der Waals surface area (Å²) in [7, 11) is 0. The summed E-state index contributed by atoms with van der Waals surface area (Å²) in [5, 5.41) is 12.2. The summed E-state index contributed by atoms with van der Waals surface area (Å²) in [5.74, 6) is -0.560. The number of carbonyl (C=O) groups is 1. The summed E-state index contributed by atoms with van der Waals surface area (Å²) >= 11 is 0. The van der Waals surface area contributed by atoms with E-state index >= 15 is 0 Å². The van der Waals surface area contributed by atoms with Gasteiger partial charge in [-0.25, -0.2) is 4.79 Å². The van der Waals surface area contributed by atoms with Gasteiger partial charge >= 0.3 is 6.09 Å². The number of alkyl carbamates (subject to hydrolysis) is 1. The molecule has 1 saturated heterocycles. The minimum atomic E-state index is -0.908. The van der Waals surface area contributed by atoms with Crippen LogP contribution in [-0.2, 0) is 20.8 Å². The molecule has 0 unspecified atom stereocenters. The van der Waals surface area contributed by atoms with Crippen molar-refractivity contribution in [3.05, 3.63) is 35.9 Å². The SMILES string of the molecule is N#CC1(NC(=O)OCc2ccccc2)CCC2(CC1)OCCO2. The quantitative estimate of drug-likeness (QED) is 0.926. The summed E-state index contributed by atoms with van der Waals surface area (Å²) < 4.78 is 16.5. The molecule has 1 heterocycles. The number of carbonyl (C=O) groups excluding carboxylic acids is 1. The van der Waals surface area contributed by atoms with Crippen molar-refractivity contribution in [1.82, 2.24) is 5.32 Å². The molecule has 1 aliphatic carbocycles. The normalized spacial score (nSPS) is 21.5. The Labute approximate surface area is 135 Å². The van der Waals surface area contributed by atoms with E-state index in [-0.39, 0.29) is 6.61 Å². The van der Waals surface area contributed by atoms with Crippen LogP contribution in [0.5, 0.6) is 0 Å². The Balaban J connectivity index is 1.53. The highest BCUT2D eigenvalue weighted by Gasteiger charge is 2.47. The van der Waals surface area contributed by atoms with Crippen LogP contribution in [0.15, 0.2) is 30.3 Å². The summed E-state index contributed by atoms with van der Waals surface area (Å²) in [6, 6.07) is 11.7. The Kier molecular flexibility index (Phi) is 4.51. The highest BCUT2D eigenvalue weighted by molar-refractivity contribution is 5.69. The molecule has 122 valence electrons. The predicted molar refractivity (Wildman–Crippen MR) is 81.2 cm³/mol. The number of rotatable bonds is 3. The lowest BCUT2D eigenvalue weighted by molar-refractivity contribution is -0.182. The molecular formula is C17H20N2O4. The third-order valence-electron chi connectivity index (χ3n) is 4.45. The van der Waals surface area contributed by atoms with Crippen molar-refractivity contribution in [2.75, 3.05) is 13.2 Å². The first kappa shape index (κ1) is 15.8. The van der Waals surface area contributed by atoms with Crippen LogP contribution in [0.3, 0.4) is 0 Å². The average Bonchev–Trinajstić information content (AvgIpc) is 3.05. The zero-order chi connectivity index (χ0) is 16.2. The molecule has 23 heavy (non-hydrogen) atoms. The van der Waals surface area contributed by atoms with Crippen LogP contribution >= 0.6 is 0 Å². The van der Waals surface area contributed by atoms with Gasteiger partial charge in [0.25, 0.3) is 0 Å². The van der Waals surface area contributed by atoms with E-state index in [9.17, 15) is 10.1 Å². The summed E-state index contributed by atoms with van der Waals surface area (Å²) in [6.07, 6.45) is 1.60. The Hall–Kier alpha value is -2.10. The lowest BCUT2D eigenvalue weighted by atomic mass is 9.79. The number of amides is 1. The maximum absolute atomic E-state index is 12.0.